The van der Waals surface area contributed by atoms with Crippen LogP contribution in [0.2, 0.25) is 10.0 Å². The molecule has 4 rings (SSSR count). The zero-order valence-corrected chi connectivity index (χ0v) is 30.0. The number of hydrogen-bond acceptors (Lipinski definition) is 9. The van der Waals surface area contributed by atoms with E-state index < -0.39 is 23.6 Å². The molecule has 0 aliphatic rings. The number of carbonyl (C=O) groups excluding carboxylic acids is 2. The second-order valence-electron chi connectivity index (χ2n) is 12.5. The number of benzene rings is 1. The first-order valence-electron chi connectivity index (χ1n) is 15.3. The molecular formula is C34H40Cl2N6O6. The quantitative estimate of drug-likeness (QED) is 0.166. The normalized spacial score (nSPS) is 12.2. The van der Waals surface area contributed by atoms with Gasteiger partial charge in [-0.05, 0) is 69.4 Å². The Hall–Kier alpha value is -4.42. The van der Waals surface area contributed by atoms with Crippen molar-refractivity contribution in [2.24, 2.45) is 7.05 Å². The van der Waals surface area contributed by atoms with E-state index >= 15 is 0 Å². The molecule has 0 aliphatic heterocycles. The van der Waals surface area contributed by atoms with Gasteiger partial charge in [-0.1, -0.05) is 49.2 Å². The summed E-state index contributed by atoms with van der Waals surface area (Å²) in [7, 11) is 4.57. The van der Waals surface area contributed by atoms with E-state index in [1.807, 2.05) is 26.0 Å². The fourth-order valence-corrected chi connectivity index (χ4v) is 5.66. The van der Waals surface area contributed by atoms with Gasteiger partial charge in [0.2, 0.25) is 11.8 Å². The van der Waals surface area contributed by atoms with Gasteiger partial charge in [0.1, 0.15) is 16.3 Å². The minimum absolute atomic E-state index is 0.0413. The SMILES string of the molecule is CCOC(=O)c1nn(-c2cnc(N(C)C(=O)OC(C)(C)C)nc2OC)c(C(C)C)c1C(Cc1cc(Cl)c(=O)n(C)c1)c1ccc(Cl)cc1. The third-order valence-electron chi connectivity index (χ3n) is 7.34. The lowest BCUT2D eigenvalue weighted by Gasteiger charge is -2.24. The van der Waals surface area contributed by atoms with Crippen molar-refractivity contribution >= 4 is 41.2 Å². The Morgan fingerprint density at radius 2 is 1.77 bits per heavy atom. The summed E-state index contributed by atoms with van der Waals surface area (Å²) in [4.78, 5) is 49.0. The fraction of sp³-hybridized carbons (Fsp3) is 0.412. The predicted octanol–water partition coefficient (Wildman–Crippen LogP) is 6.72. The van der Waals surface area contributed by atoms with E-state index in [9.17, 15) is 14.4 Å². The molecule has 0 N–H and O–H groups in total. The molecule has 4 aromatic rings. The summed E-state index contributed by atoms with van der Waals surface area (Å²) in [5, 5.41) is 5.44. The van der Waals surface area contributed by atoms with Gasteiger partial charge < -0.3 is 18.8 Å². The topological polar surface area (TPSA) is 131 Å². The fourth-order valence-electron chi connectivity index (χ4n) is 5.26. The summed E-state index contributed by atoms with van der Waals surface area (Å²) in [6.07, 6.45) is 2.90. The first-order chi connectivity index (χ1) is 22.6. The summed E-state index contributed by atoms with van der Waals surface area (Å²) < 4.78 is 19.7. The van der Waals surface area contributed by atoms with Gasteiger partial charge in [0.25, 0.3) is 5.56 Å². The summed E-state index contributed by atoms with van der Waals surface area (Å²) in [5.41, 5.74) is 2.25. The maximum atomic E-state index is 13.7. The number of rotatable bonds is 10. The Labute approximate surface area is 289 Å². The van der Waals surface area contributed by atoms with Crippen molar-refractivity contribution in [1.29, 1.82) is 0 Å². The molecule has 3 heterocycles. The second kappa shape index (κ2) is 14.8. The van der Waals surface area contributed by atoms with E-state index in [-0.39, 0.29) is 40.6 Å². The van der Waals surface area contributed by atoms with Crippen LogP contribution in [-0.2, 0) is 22.9 Å². The third kappa shape index (κ3) is 7.99. The highest BCUT2D eigenvalue weighted by Crippen LogP contribution is 2.39. The lowest BCUT2D eigenvalue weighted by atomic mass is 9.83. The summed E-state index contributed by atoms with van der Waals surface area (Å²) in [5.74, 6) is -1.13. The molecule has 48 heavy (non-hydrogen) atoms. The number of nitrogens with zero attached hydrogens (tertiary/aromatic N) is 6. The van der Waals surface area contributed by atoms with E-state index in [0.29, 0.717) is 28.4 Å². The molecule has 1 atom stereocenters. The zero-order valence-electron chi connectivity index (χ0n) is 28.5. The van der Waals surface area contributed by atoms with Crippen LogP contribution in [0.15, 0.2) is 47.5 Å². The van der Waals surface area contributed by atoms with E-state index in [4.69, 9.17) is 42.5 Å². The molecule has 12 nitrogen and oxygen atoms in total. The van der Waals surface area contributed by atoms with Crippen LogP contribution in [0.4, 0.5) is 10.7 Å². The Bertz CT molecular complexity index is 1840. The van der Waals surface area contributed by atoms with E-state index in [1.165, 1.54) is 29.8 Å². The zero-order chi connectivity index (χ0) is 35.5. The van der Waals surface area contributed by atoms with Crippen LogP contribution in [0.5, 0.6) is 5.88 Å². The molecule has 0 saturated carbocycles. The molecule has 1 unspecified atom stereocenters. The Morgan fingerprint density at radius 3 is 2.33 bits per heavy atom. The molecule has 14 heteroatoms. The smallest absolute Gasteiger partial charge is 0.416 e. The Kier molecular flexibility index (Phi) is 11.2. The van der Waals surface area contributed by atoms with Gasteiger partial charge in [-0.2, -0.15) is 10.1 Å². The van der Waals surface area contributed by atoms with Crippen molar-refractivity contribution in [2.75, 3.05) is 25.7 Å². The van der Waals surface area contributed by atoms with Crippen molar-refractivity contribution in [3.05, 3.63) is 91.2 Å². The molecule has 0 aliphatic carbocycles. The minimum Gasteiger partial charge on any atom is -0.479 e. The van der Waals surface area contributed by atoms with E-state index in [0.717, 1.165) is 11.1 Å². The molecule has 0 fully saturated rings. The summed E-state index contributed by atoms with van der Waals surface area (Å²) in [6.45, 7) is 11.1. The number of pyridine rings is 1. The first kappa shape index (κ1) is 36.4. The van der Waals surface area contributed by atoms with Gasteiger partial charge in [0.05, 0.1) is 25.6 Å². The summed E-state index contributed by atoms with van der Waals surface area (Å²) >= 11 is 12.6. The van der Waals surface area contributed by atoms with Crippen LogP contribution >= 0.6 is 23.2 Å². The number of methoxy groups -OCH3 is 1. The van der Waals surface area contributed by atoms with Crippen LogP contribution in [0.25, 0.3) is 5.69 Å². The molecule has 1 amide bonds. The van der Waals surface area contributed by atoms with Gasteiger partial charge in [-0.15, -0.1) is 0 Å². The highest BCUT2D eigenvalue weighted by Gasteiger charge is 2.34. The number of anilines is 1. The third-order valence-corrected chi connectivity index (χ3v) is 7.87. The predicted molar refractivity (Wildman–Crippen MR) is 184 cm³/mol. The number of aromatic nitrogens is 5. The molecule has 0 spiro atoms. The number of amides is 1. The molecule has 0 radical (unpaired) electrons. The molecule has 256 valence electrons. The second-order valence-corrected chi connectivity index (χ2v) is 13.3. The number of halogens is 2. The van der Waals surface area contributed by atoms with Gasteiger partial charge in [-0.3, -0.25) is 4.79 Å². The van der Waals surface area contributed by atoms with Crippen molar-refractivity contribution < 1.29 is 23.8 Å². The average molecular weight is 700 g/mol. The first-order valence-corrected chi connectivity index (χ1v) is 16.1. The standard InChI is InChI=1S/C34H40Cl2N6O6/c1-10-47-31(44)27-26(23(21-11-13-22(35)14-12-21)15-20-16-24(36)30(43)40(7)18-20)28(19(2)3)42(39-27)25-17-37-32(38-29(25)46-9)41(8)33(45)48-34(4,5)6/h11-14,16-19,23H,10,15H2,1-9H3. The van der Waals surface area contributed by atoms with Crippen LogP contribution in [0.1, 0.15) is 86.3 Å². The number of esters is 1. The van der Waals surface area contributed by atoms with Crippen molar-refractivity contribution in [2.45, 2.75) is 65.4 Å². The van der Waals surface area contributed by atoms with Gasteiger partial charge in [0, 0.05) is 36.8 Å². The monoisotopic (exact) mass is 698 g/mol. The molecule has 1 aromatic carbocycles. The molecule has 0 bridgehead atoms. The molecule has 0 saturated heterocycles. The Morgan fingerprint density at radius 1 is 1.10 bits per heavy atom. The minimum atomic E-state index is -0.725. The number of aryl methyl sites for hydroxylation is 1. The Balaban J connectivity index is 1.98. The number of ether oxygens (including phenoxy) is 3. The van der Waals surface area contributed by atoms with Gasteiger partial charge in [0.15, 0.2) is 5.69 Å². The highest BCUT2D eigenvalue weighted by molar-refractivity contribution is 6.30. The van der Waals surface area contributed by atoms with Gasteiger partial charge >= 0.3 is 12.1 Å². The van der Waals surface area contributed by atoms with E-state index in [1.54, 1.807) is 63.8 Å². The summed E-state index contributed by atoms with van der Waals surface area (Å²) in [6, 6.07) is 8.96. The van der Waals surface area contributed by atoms with Crippen molar-refractivity contribution in [1.82, 2.24) is 24.3 Å². The average Bonchev–Trinajstić information content (AvgIpc) is 3.42. The van der Waals surface area contributed by atoms with Crippen LogP contribution in [0, 0.1) is 0 Å². The number of carbonyl (C=O) groups is 2. The highest BCUT2D eigenvalue weighted by atomic mass is 35.5. The van der Waals surface area contributed by atoms with Crippen LogP contribution in [0.3, 0.4) is 0 Å². The van der Waals surface area contributed by atoms with Gasteiger partial charge in [-0.25, -0.2) is 24.2 Å². The van der Waals surface area contributed by atoms with Crippen molar-refractivity contribution in [3.63, 3.8) is 0 Å². The van der Waals surface area contributed by atoms with Crippen molar-refractivity contribution in [3.8, 4) is 11.6 Å². The molecular weight excluding hydrogens is 659 g/mol. The molecule has 3 aromatic heterocycles. The van der Waals surface area contributed by atoms with Crippen LogP contribution < -0.4 is 15.2 Å². The van der Waals surface area contributed by atoms with E-state index in [2.05, 4.69) is 9.97 Å². The number of hydrogen-bond donors (Lipinski definition) is 0. The lowest BCUT2D eigenvalue weighted by molar-refractivity contribution is 0.0515. The maximum absolute atomic E-state index is 13.7. The maximum Gasteiger partial charge on any atom is 0.416 e. The van der Waals surface area contributed by atoms with Crippen LogP contribution in [-0.4, -0.2) is 62.7 Å². The lowest BCUT2D eigenvalue weighted by Crippen LogP contribution is -2.35. The largest absolute Gasteiger partial charge is 0.479 e.